The van der Waals surface area contributed by atoms with E-state index < -0.39 is 0 Å². The Morgan fingerprint density at radius 1 is 1.42 bits per heavy atom. The van der Waals surface area contributed by atoms with Crippen molar-refractivity contribution in [2.24, 2.45) is 0 Å². The second-order valence-electron chi connectivity index (χ2n) is 4.76. The van der Waals surface area contributed by atoms with Crippen molar-refractivity contribution in [1.82, 2.24) is 0 Å². The van der Waals surface area contributed by atoms with Gasteiger partial charge in [-0.05, 0) is 43.9 Å². The zero-order chi connectivity index (χ0) is 13.7. The summed E-state index contributed by atoms with van der Waals surface area (Å²) in [5.74, 6) is -0.161. The van der Waals surface area contributed by atoms with Crippen molar-refractivity contribution < 1.29 is 14.3 Å². The van der Waals surface area contributed by atoms with Gasteiger partial charge in [0.2, 0.25) is 0 Å². The predicted molar refractivity (Wildman–Crippen MR) is 74.2 cm³/mol. The first kappa shape index (κ1) is 14.4. The summed E-state index contributed by atoms with van der Waals surface area (Å²) < 4.78 is 10.9. The van der Waals surface area contributed by atoms with Crippen molar-refractivity contribution in [2.45, 2.75) is 38.2 Å². The van der Waals surface area contributed by atoms with E-state index in [1.165, 1.54) is 0 Å². The molecule has 0 aromatic heterocycles. The Morgan fingerprint density at radius 2 is 2.16 bits per heavy atom. The molecule has 0 N–H and O–H groups in total. The molecule has 19 heavy (non-hydrogen) atoms. The number of benzene rings is 1. The van der Waals surface area contributed by atoms with Gasteiger partial charge in [0.25, 0.3) is 0 Å². The zero-order valence-electron chi connectivity index (χ0n) is 11.2. The molecular formula is C15H19ClO3. The van der Waals surface area contributed by atoms with Crippen molar-refractivity contribution in [3.05, 3.63) is 34.9 Å². The quantitative estimate of drug-likeness (QED) is 0.773. The van der Waals surface area contributed by atoms with Crippen LogP contribution in [0.5, 0.6) is 0 Å². The second-order valence-corrected chi connectivity index (χ2v) is 5.19. The minimum absolute atomic E-state index is 0.161. The molecular weight excluding hydrogens is 264 g/mol. The average molecular weight is 283 g/mol. The van der Waals surface area contributed by atoms with E-state index in [4.69, 9.17) is 21.1 Å². The second kappa shape index (κ2) is 6.40. The van der Waals surface area contributed by atoms with Gasteiger partial charge < -0.3 is 9.47 Å². The third-order valence-electron chi connectivity index (χ3n) is 3.51. The monoisotopic (exact) mass is 282 g/mol. The summed E-state index contributed by atoms with van der Waals surface area (Å²) in [4.78, 5) is 11.5. The molecule has 104 valence electrons. The molecule has 1 aromatic carbocycles. The van der Waals surface area contributed by atoms with Crippen LogP contribution < -0.4 is 0 Å². The maximum absolute atomic E-state index is 11.5. The van der Waals surface area contributed by atoms with E-state index in [0.717, 1.165) is 25.0 Å². The van der Waals surface area contributed by atoms with Gasteiger partial charge in [0.05, 0.1) is 12.2 Å². The smallest absolute Gasteiger partial charge is 0.305 e. The molecule has 3 nitrogen and oxygen atoms in total. The van der Waals surface area contributed by atoms with E-state index in [0.29, 0.717) is 24.5 Å². The van der Waals surface area contributed by atoms with Crippen LogP contribution in [0.15, 0.2) is 24.3 Å². The van der Waals surface area contributed by atoms with Gasteiger partial charge in [0.1, 0.15) is 0 Å². The molecule has 1 aliphatic heterocycles. The first-order valence-corrected chi connectivity index (χ1v) is 7.10. The van der Waals surface area contributed by atoms with Gasteiger partial charge in [-0.2, -0.15) is 0 Å². The Balaban J connectivity index is 2.09. The Labute approximate surface area is 118 Å². The normalized spacial score (nSPS) is 22.4. The van der Waals surface area contributed by atoms with E-state index in [2.05, 4.69) is 0 Å². The van der Waals surface area contributed by atoms with Crippen LogP contribution in [-0.2, 0) is 19.9 Å². The molecule has 1 aromatic rings. The van der Waals surface area contributed by atoms with Gasteiger partial charge >= 0.3 is 5.97 Å². The first-order chi connectivity index (χ1) is 9.16. The lowest BCUT2D eigenvalue weighted by Gasteiger charge is -2.28. The van der Waals surface area contributed by atoms with Crippen molar-refractivity contribution in [3.8, 4) is 0 Å². The molecule has 0 amide bonds. The average Bonchev–Trinajstić information content (AvgIpc) is 2.88. The number of hydrogen-bond donors (Lipinski definition) is 0. The third kappa shape index (κ3) is 3.48. The maximum atomic E-state index is 11.5. The lowest BCUT2D eigenvalue weighted by Crippen LogP contribution is -2.26. The van der Waals surface area contributed by atoms with E-state index in [1.54, 1.807) is 0 Å². The summed E-state index contributed by atoms with van der Waals surface area (Å²) in [6.07, 6.45) is 3.00. The highest BCUT2D eigenvalue weighted by Crippen LogP contribution is 2.40. The standard InChI is InChI=1S/C15H19ClO3/c1-2-18-14(17)8-10-15(9-3-11-19-15)12-4-6-13(16)7-5-12/h4-7H,2-3,8-11H2,1H3. The summed E-state index contributed by atoms with van der Waals surface area (Å²) in [6, 6.07) is 7.70. The number of halogens is 1. The van der Waals surface area contributed by atoms with E-state index in [9.17, 15) is 4.79 Å². The minimum Gasteiger partial charge on any atom is -0.466 e. The molecule has 0 saturated carbocycles. The predicted octanol–water partition coefficient (Wildman–Crippen LogP) is 3.69. The van der Waals surface area contributed by atoms with Gasteiger partial charge in [0.15, 0.2) is 0 Å². The number of hydrogen-bond acceptors (Lipinski definition) is 3. The van der Waals surface area contributed by atoms with Crippen LogP contribution in [-0.4, -0.2) is 19.2 Å². The number of carbonyl (C=O) groups is 1. The molecule has 2 rings (SSSR count). The Morgan fingerprint density at radius 3 is 2.74 bits per heavy atom. The molecule has 1 aliphatic rings. The highest BCUT2D eigenvalue weighted by atomic mass is 35.5. The van der Waals surface area contributed by atoms with Crippen molar-refractivity contribution in [3.63, 3.8) is 0 Å². The SMILES string of the molecule is CCOC(=O)CCC1(c2ccc(Cl)cc2)CCCO1. The molecule has 1 heterocycles. The van der Waals surface area contributed by atoms with Crippen molar-refractivity contribution >= 4 is 17.6 Å². The summed E-state index contributed by atoms with van der Waals surface area (Å²) in [5, 5.41) is 0.710. The highest BCUT2D eigenvalue weighted by Gasteiger charge is 2.37. The number of esters is 1. The van der Waals surface area contributed by atoms with Gasteiger partial charge in [0, 0.05) is 18.1 Å². The lowest BCUT2D eigenvalue weighted by molar-refractivity contribution is -0.144. The Bertz CT molecular complexity index is 422. The molecule has 0 bridgehead atoms. The van der Waals surface area contributed by atoms with Crippen molar-refractivity contribution in [2.75, 3.05) is 13.2 Å². The minimum atomic E-state index is -0.350. The first-order valence-electron chi connectivity index (χ1n) is 6.72. The fourth-order valence-corrected chi connectivity index (χ4v) is 2.68. The molecule has 1 fully saturated rings. The third-order valence-corrected chi connectivity index (χ3v) is 3.76. The molecule has 1 unspecified atom stereocenters. The van der Waals surface area contributed by atoms with Gasteiger partial charge in [-0.3, -0.25) is 4.79 Å². The molecule has 1 saturated heterocycles. The molecule has 0 radical (unpaired) electrons. The van der Waals surface area contributed by atoms with Crippen LogP contribution in [0, 0.1) is 0 Å². The fraction of sp³-hybridized carbons (Fsp3) is 0.533. The van der Waals surface area contributed by atoms with Crippen LogP contribution in [0.3, 0.4) is 0 Å². The van der Waals surface area contributed by atoms with Gasteiger partial charge in [-0.25, -0.2) is 0 Å². The summed E-state index contributed by atoms with van der Waals surface area (Å²) in [5.41, 5.74) is 0.746. The van der Waals surface area contributed by atoms with E-state index in [-0.39, 0.29) is 11.6 Å². The van der Waals surface area contributed by atoms with Crippen LogP contribution >= 0.6 is 11.6 Å². The topological polar surface area (TPSA) is 35.5 Å². The highest BCUT2D eigenvalue weighted by molar-refractivity contribution is 6.30. The maximum Gasteiger partial charge on any atom is 0.305 e. The van der Waals surface area contributed by atoms with Gasteiger partial charge in [-0.15, -0.1) is 0 Å². The molecule has 1 atom stereocenters. The number of ether oxygens (including phenoxy) is 2. The number of rotatable bonds is 5. The largest absolute Gasteiger partial charge is 0.466 e. The fourth-order valence-electron chi connectivity index (χ4n) is 2.56. The summed E-state index contributed by atoms with van der Waals surface area (Å²) >= 11 is 5.92. The Kier molecular flexibility index (Phi) is 4.83. The van der Waals surface area contributed by atoms with Crippen molar-refractivity contribution in [1.29, 1.82) is 0 Å². The Hall–Kier alpha value is -1.06. The molecule has 0 spiro atoms. The van der Waals surface area contributed by atoms with Crippen LogP contribution in [0.2, 0.25) is 5.02 Å². The summed E-state index contributed by atoms with van der Waals surface area (Å²) in [7, 11) is 0. The summed E-state index contributed by atoms with van der Waals surface area (Å²) in [6.45, 7) is 2.98. The van der Waals surface area contributed by atoms with Crippen LogP contribution in [0.1, 0.15) is 38.2 Å². The molecule has 4 heteroatoms. The van der Waals surface area contributed by atoms with E-state index >= 15 is 0 Å². The van der Waals surface area contributed by atoms with Gasteiger partial charge in [-0.1, -0.05) is 23.7 Å². The zero-order valence-corrected chi connectivity index (χ0v) is 11.9. The van der Waals surface area contributed by atoms with E-state index in [1.807, 2.05) is 31.2 Å². The molecule has 0 aliphatic carbocycles. The van der Waals surface area contributed by atoms with Crippen LogP contribution in [0.4, 0.5) is 0 Å². The van der Waals surface area contributed by atoms with Crippen LogP contribution in [0.25, 0.3) is 0 Å². The lowest BCUT2D eigenvalue weighted by atomic mass is 9.86. The number of carbonyl (C=O) groups excluding carboxylic acids is 1.